The molecule has 1 aromatic heterocycles. The van der Waals surface area contributed by atoms with Crippen LogP contribution in [-0.4, -0.2) is 60.0 Å². The van der Waals surface area contributed by atoms with Gasteiger partial charge in [0.15, 0.2) is 4.34 Å². The molecule has 2 aromatic carbocycles. The number of methoxy groups -OCH3 is 1. The highest BCUT2D eigenvalue weighted by Crippen LogP contribution is 2.29. The summed E-state index contributed by atoms with van der Waals surface area (Å²) in [5.74, 6) is 1.29. The molecule has 1 amide bonds. The molecule has 7 nitrogen and oxygen atoms in total. The molecule has 4 rings (SSSR count). The Morgan fingerprint density at radius 1 is 1.13 bits per heavy atom. The summed E-state index contributed by atoms with van der Waals surface area (Å²) in [6.45, 7) is 5.30. The maximum atomic E-state index is 12.7. The highest BCUT2D eigenvalue weighted by molar-refractivity contribution is 8.01. The van der Waals surface area contributed by atoms with Crippen LogP contribution in [0.1, 0.15) is 5.56 Å². The van der Waals surface area contributed by atoms with Crippen LogP contribution in [0, 0.1) is 6.92 Å². The number of rotatable bonds is 7. The van der Waals surface area contributed by atoms with E-state index in [1.807, 2.05) is 29.2 Å². The molecule has 1 aliphatic heterocycles. The van der Waals surface area contributed by atoms with Crippen molar-refractivity contribution in [2.45, 2.75) is 11.3 Å². The average Bonchev–Trinajstić information content (AvgIpc) is 3.25. The van der Waals surface area contributed by atoms with Crippen molar-refractivity contribution in [2.24, 2.45) is 0 Å². The molecule has 0 bridgehead atoms. The summed E-state index contributed by atoms with van der Waals surface area (Å²) >= 11 is 2.87. The summed E-state index contributed by atoms with van der Waals surface area (Å²) in [6, 6.07) is 16.1. The third kappa shape index (κ3) is 5.68. The lowest BCUT2D eigenvalue weighted by Gasteiger charge is -2.36. The summed E-state index contributed by atoms with van der Waals surface area (Å²) in [7, 11) is 1.64. The summed E-state index contributed by atoms with van der Waals surface area (Å²) in [4.78, 5) is 16.9. The van der Waals surface area contributed by atoms with Gasteiger partial charge in [-0.1, -0.05) is 41.3 Å². The molecule has 0 unspecified atom stereocenters. The van der Waals surface area contributed by atoms with Crippen LogP contribution in [0.25, 0.3) is 0 Å². The van der Waals surface area contributed by atoms with Crippen LogP contribution < -0.4 is 15.0 Å². The molecule has 0 aliphatic carbocycles. The fraction of sp³-hybridized carbons (Fsp3) is 0.318. The number of carbonyl (C=O) groups excluding carboxylic acids is 1. The van der Waals surface area contributed by atoms with Crippen molar-refractivity contribution in [3.05, 3.63) is 54.1 Å². The minimum absolute atomic E-state index is 0.145. The van der Waals surface area contributed by atoms with E-state index >= 15 is 0 Å². The second kappa shape index (κ2) is 10.0. The molecule has 3 aromatic rings. The lowest BCUT2D eigenvalue weighted by molar-refractivity contribution is -0.128. The number of anilines is 3. The number of hydrogen-bond donors (Lipinski definition) is 1. The Morgan fingerprint density at radius 3 is 2.71 bits per heavy atom. The Morgan fingerprint density at radius 2 is 1.94 bits per heavy atom. The molecule has 9 heteroatoms. The largest absolute Gasteiger partial charge is 0.497 e. The number of piperazine rings is 1. The number of benzene rings is 2. The lowest BCUT2D eigenvalue weighted by atomic mass is 10.2. The van der Waals surface area contributed by atoms with E-state index in [9.17, 15) is 4.79 Å². The van der Waals surface area contributed by atoms with Crippen molar-refractivity contribution in [1.29, 1.82) is 0 Å². The van der Waals surface area contributed by atoms with Crippen molar-refractivity contribution in [1.82, 2.24) is 15.1 Å². The summed E-state index contributed by atoms with van der Waals surface area (Å²) in [5, 5.41) is 12.3. The third-order valence-corrected chi connectivity index (χ3v) is 7.00. The number of ether oxygens (including phenoxy) is 1. The van der Waals surface area contributed by atoms with E-state index < -0.39 is 0 Å². The molecule has 0 atom stereocenters. The number of thioether (sulfide) groups is 1. The van der Waals surface area contributed by atoms with Crippen LogP contribution in [0.5, 0.6) is 5.75 Å². The monoisotopic (exact) mass is 455 g/mol. The number of aromatic nitrogens is 2. The first-order valence-corrected chi connectivity index (χ1v) is 11.9. The molecule has 162 valence electrons. The molecule has 1 fully saturated rings. The smallest absolute Gasteiger partial charge is 0.233 e. The van der Waals surface area contributed by atoms with Crippen LogP contribution in [0.3, 0.4) is 0 Å². The third-order valence-electron chi connectivity index (χ3n) is 5.05. The predicted octanol–water partition coefficient (Wildman–Crippen LogP) is 4.04. The van der Waals surface area contributed by atoms with Crippen LogP contribution in [0.2, 0.25) is 0 Å². The van der Waals surface area contributed by atoms with E-state index in [2.05, 4.69) is 51.6 Å². The molecule has 1 aliphatic rings. The van der Waals surface area contributed by atoms with Gasteiger partial charge >= 0.3 is 0 Å². The van der Waals surface area contributed by atoms with Crippen molar-refractivity contribution in [2.75, 3.05) is 49.3 Å². The van der Waals surface area contributed by atoms with Gasteiger partial charge in [-0.15, -0.1) is 10.2 Å². The van der Waals surface area contributed by atoms with Crippen LogP contribution in [-0.2, 0) is 4.79 Å². The number of nitrogens with one attached hydrogen (secondary N) is 1. The zero-order valence-corrected chi connectivity index (χ0v) is 19.2. The number of amides is 1. The minimum Gasteiger partial charge on any atom is -0.497 e. The van der Waals surface area contributed by atoms with E-state index in [1.54, 1.807) is 7.11 Å². The van der Waals surface area contributed by atoms with Gasteiger partial charge in [0.05, 0.1) is 12.9 Å². The topological polar surface area (TPSA) is 70.6 Å². The Kier molecular flexibility index (Phi) is 6.93. The first-order chi connectivity index (χ1) is 15.1. The average molecular weight is 456 g/mol. The van der Waals surface area contributed by atoms with E-state index in [-0.39, 0.29) is 5.91 Å². The predicted molar refractivity (Wildman–Crippen MR) is 127 cm³/mol. The zero-order chi connectivity index (χ0) is 21.6. The molecule has 2 heterocycles. The molecule has 31 heavy (non-hydrogen) atoms. The highest BCUT2D eigenvalue weighted by Gasteiger charge is 2.22. The quantitative estimate of drug-likeness (QED) is 0.539. The molecule has 0 radical (unpaired) electrons. The summed E-state index contributed by atoms with van der Waals surface area (Å²) in [6.07, 6.45) is 0. The van der Waals surface area contributed by atoms with Crippen molar-refractivity contribution < 1.29 is 9.53 Å². The van der Waals surface area contributed by atoms with E-state index in [4.69, 9.17) is 4.74 Å². The Bertz CT molecular complexity index is 1030. The van der Waals surface area contributed by atoms with E-state index in [0.717, 1.165) is 42.0 Å². The second-order valence-corrected chi connectivity index (χ2v) is 9.43. The van der Waals surface area contributed by atoms with Gasteiger partial charge in [-0.05, 0) is 36.8 Å². The van der Waals surface area contributed by atoms with Gasteiger partial charge in [-0.3, -0.25) is 4.79 Å². The number of nitrogens with zero attached hydrogens (tertiary/aromatic N) is 4. The molecular weight excluding hydrogens is 430 g/mol. The van der Waals surface area contributed by atoms with E-state index in [0.29, 0.717) is 10.9 Å². The first kappa shape index (κ1) is 21.5. The van der Waals surface area contributed by atoms with Gasteiger partial charge in [-0.2, -0.15) is 0 Å². The van der Waals surface area contributed by atoms with Gasteiger partial charge in [-0.25, -0.2) is 0 Å². The molecule has 0 spiro atoms. The van der Waals surface area contributed by atoms with Crippen molar-refractivity contribution >= 4 is 45.5 Å². The Labute approximate surface area is 190 Å². The maximum absolute atomic E-state index is 12.7. The van der Waals surface area contributed by atoms with Crippen LogP contribution in [0.15, 0.2) is 52.9 Å². The second-order valence-electron chi connectivity index (χ2n) is 7.23. The SMILES string of the molecule is COc1cccc(Nc2nnc(SCC(=O)N3CCN(c4cccc(C)c4)CC3)s2)c1. The van der Waals surface area contributed by atoms with Gasteiger partial charge in [0.1, 0.15) is 5.75 Å². The van der Waals surface area contributed by atoms with E-state index in [1.165, 1.54) is 34.3 Å². The van der Waals surface area contributed by atoms with Gasteiger partial charge in [0.2, 0.25) is 11.0 Å². The molecule has 0 saturated carbocycles. The van der Waals surface area contributed by atoms with Crippen LogP contribution in [0.4, 0.5) is 16.5 Å². The standard InChI is InChI=1S/C22H25N5O2S2/c1-16-5-3-7-18(13-16)26-9-11-27(12-10-26)20(28)15-30-22-25-24-21(31-22)23-17-6-4-8-19(14-17)29-2/h3-8,13-14H,9-12,15H2,1-2H3,(H,23,24). The first-order valence-electron chi connectivity index (χ1n) is 10.1. The molecule has 1 N–H and O–H groups in total. The fourth-order valence-electron chi connectivity index (χ4n) is 3.40. The van der Waals surface area contributed by atoms with Gasteiger partial charge < -0.3 is 19.9 Å². The Balaban J connectivity index is 1.25. The fourth-order valence-corrected chi connectivity index (χ4v) is 5.07. The zero-order valence-electron chi connectivity index (χ0n) is 17.6. The summed E-state index contributed by atoms with van der Waals surface area (Å²) in [5.41, 5.74) is 3.37. The number of carbonyl (C=O) groups is 1. The minimum atomic E-state index is 0.145. The van der Waals surface area contributed by atoms with Gasteiger partial charge in [0.25, 0.3) is 0 Å². The number of hydrogen-bond acceptors (Lipinski definition) is 8. The van der Waals surface area contributed by atoms with Gasteiger partial charge in [0, 0.05) is 43.6 Å². The highest BCUT2D eigenvalue weighted by atomic mass is 32.2. The van der Waals surface area contributed by atoms with Crippen molar-refractivity contribution in [3.63, 3.8) is 0 Å². The maximum Gasteiger partial charge on any atom is 0.233 e. The molecular formula is C22H25N5O2S2. The normalized spacial score (nSPS) is 13.9. The van der Waals surface area contributed by atoms with Crippen LogP contribution >= 0.6 is 23.1 Å². The Hall–Kier alpha value is -2.78. The number of aryl methyl sites for hydroxylation is 1. The molecule has 1 saturated heterocycles. The van der Waals surface area contributed by atoms with Crippen molar-refractivity contribution in [3.8, 4) is 5.75 Å². The summed E-state index contributed by atoms with van der Waals surface area (Å²) < 4.78 is 6.01. The lowest BCUT2D eigenvalue weighted by Crippen LogP contribution is -2.49.